The van der Waals surface area contributed by atoms with Crippen molar-refractivity contribution in [3.05, 3.63) is 54.5 Å². The zero-order chi connectivity index (χ0) is 38.2. The zero-order valence-electron chi connectivity index (χ0n) is 30.4. The lowest BCUT2D eigenvalue weighted by molar-refractivity contribution is -0.173. The first-order valence-electron chi connectivity index (χ1n) is 17.2. The van der Waals surface area contributed by atoms with Gasteiger partial charge in [0.25, 0.3) is 0 Å². The molecule has 16 nitrogen and oxygen atoms in total. The second-order valence-corrected chi connectivity index (χ2v) is 14.8. The number of para-hydroxylation sites is 1. The van der Waals surface area contributed by atoms with Crippen LogP contribution in [0.1, 0.15) is 67.0 Å². The molecule has 1 aliphatic heterocycles. The number of nitrogen functional groups attached to an aromatic ring is 1. The van der Waals surface area contributed by atoms with E-state index in [9.17, 15) is 24.2 Å². The summed E-state index contributed by atoms with van der Waals surface area (Å²) in [5, 5.41) is 17.7. The standard InChI is InChI=1S/C35H47N6O10P/c1-8-24(9-2)17-46-34(44)23(7)40-52(45,51-25-13-11-10-12-14-25)47-18-27-29(48-32(42)21(3)4)30(49-33(43)22(5)6)35(19-36,50-27)28-16-15-26-31(37)38-20-39-41(26)28/h10-16,20-24,27,29-30H,8-9,17-18H2,1-7H3,(H,40,45)(H2,37,38,39)/t23-,27+,29+,30+,35-,52?/m0/s1. The van der Waals surface area contributed by atoms with Crippen molar-refractivity contribution in [2.45, 2.75) is 91.3 Å². The van der Waals surface area contributed by atoms with Gasteiger partial charge >= 0.3 is 25.7 Å². The Morgan fingerprint density at radius 2 is 1.67 bits per heavy atom. The minimum atomic E-state index is -4.47. The van der Waals surface area contributed by atoms with E-state index in [1.807, 2.05) is 13.8 Å². The average Bonchev–Trinajstić information content (AvgIpc) is 3.68. The van der Waals surface area contributed by atoms with E-state index in [-0.39, 0.29) is 29.8 Å². The third-order valence-electron chi connectivity index (χ3n) is 8.57. The molecule has 1 fully saturated rings. The number of nitrogens with two attached hydrogens (primary N) is 1. The van der Waals surface area contributed by atoms with Crippen LogP contribution in [0.5, 0.6) is 5.75 Å². The van der Waals surface area contributed by atoms with Gasteiger partial charge in [0.05, 0.1) is 30.7 Å². The molecule has 17 heteroatoms. The molecule has 0 saturated carbocycles. The monoisotopic (exact) mass is 742 g/mol. The maximum Gasteiger partial charge on any atom is 0.459 e. The molecule has 3 N–H and O–H groups in total. The number of anilines is 1. The Morgan fingerprint density at radius 3 is 2.29 bits per heavy atom. The number of aromatic nitrogens is 3. The van der Waals surface area contributed by atoms with E-state index >= 15 is 0 Å². The van der Waals surface area contributed by atoms with Crippen LogP contribution in [0.25, 0.3) is 5.52 Å². The topological polar surface area (TPSA) is 216 Å². The molecule has 0 aliphatic carbocycles. The summed E-state index contributed by atoms with van der Waals surface area (Å²) >= 11 is 0. The smallest absolute Gasteiger partial charge is 0.459 e. The van der Waals surface area contributed by atoms with Crippen molar-refractivity contribution in [1.82, 2.24) is 19.7 Å². The van der Waals surface area contributed by atoms with Gasteiger partial charge in [0, 0.05) is 0 Å². The van der Waals surface area contributed by atoms with E-state index in [0.29, 0.717) is 5.52 Å². The van der Waals surface area contributed by atoms with Gasteiger partial charge in [-0.3, -0.25) is 18.9 Å². The van der Waals surface area contributed by atoms with Crippen molar-refractivity contribution in [2.24, 2.45) is 17.8 Å². The number of carbonyl (C=O) groups is 3. The second kappa shape index (κ2) is 17.3. The van der Waals surface area contributed by atoms with Crippen molar-refractivity contribution >= 4 is 37.0 Å². The van der Waals surface area contributed by atoms with Gasteiger partial charge in [-0.05, 0) is 37.1 Å². The van der Waals surface area contributed by atoms with Crippen LogP contribution >= 0.6 is 7.75 Å². The number of benzene rings is 1. The number of ether oxygens (including phenoxy) is 4. The molecule has 0 spiro atoms. The van der Waals surface area contributed by atoms with Gasteiger partial charge in [-0.15, -0.1) is 0 Å². The van der Waals surface area contributed by atoms with E-state index in [1.54, 1.807) is 64.1 Å². The van der Waals surface area contributed by atoms with Gasteiger partial charge in [-0.25, -0.2) is 14.1 Å². The van der Waals surface area contributed by atoms with Crippen molar-refractivity contribution in [1.29, 1.82) is 5.26 Å². The fraction of sp³-hybridized carbons (Fsp3) is 0.543. The van der Waals surface area contributed by atoms with Crippen LogP contribution in [0.15, 0.2) is 48.8 Å². The van der Waals surface area contributed by atoms with Crippen LogP contribution < -0.4 is 15.3 Å². The van der Waals surface area contributed by atoms with Gasteiger partial charge in [0.15, 0.2) is 18.0 Å². The molecule has 6 atom stereocenters. The number of hydrogen-bond donors (Lipinski definition) is 2. The number of esters is 3. The molecule has 282 valence electrons. The highest BCUT2D eigenvalue weighted by molar-refractivity contribution is 7.52. The van der Waals surface area contributed by atoms with Gasteiger partial charge < -0.3 is 29.2 Å². The Hall–Kier alpha value is -4.55. The third kappa shape index (κ3) is 9.08. The zero-order valence-corrected chi connectivity index (χ0v) is 31.3. The SMILES string of the molecule is CCC(CC)COC(=O)[C@H](C)NP(=O)(OC[C@H]1O[C@@](C#N)(c2ccc3c(N)ncnn23)[C@H](OC(=O)C(C)C)[C@@H]1OC(=O)C(C)C)Oc1ccccc1. The van der Waals surface area contributed by atoms with E-state index in [2.05, 4.69) is 21.2 Å². The third-order valence-corrected chi connectivity index (χ3v) is 10.2. The Kier molecular flexibility index (Phi) is 13.4. The van der Waals surface area contributed by atoms with Crippen molar-refractivity contribution < 1.29 is 46.9 Å². The summed E-state index contributed by atoms with van der Waals surface area (Å²) in [6.45, 7) is 11.4. The summed E-state index contributed by atoms with van der Waals surface area (Å²) in [5.74, 6) is -2.97. The van der Waals surface area contributed by atoms with Crippen molar-refractivity contribution in [2.75, 3.05) is 18.9 Å². The molecule has 1 aliphatic rings. The number of nitriles is 1. The molecular weight excluding hydrogens is 695 g/mol. The number of carbonyl (C=O) groups excluding carboxylic acids is 3. The minimum absolute atomic E-state index is 0.0874. The molecule has 2 aromatic heterocycles. The van der Waals surface area contributed by atoms with Crippen LogP contribution in [0.3, 0.4) is 0 Å². The maximum atomic E-state index is 14.5. The molecule has 1 aromatic carbocycles. The van der Waals surface area contributed by atoms with E-state index in [4.69, 9.17) is 33.7 Å². The van der Waals surface area contributed by atoms with Crippen LogP contribution in [-0.4, -0.2) is 70.1 Å². The Balaban J connectivity index is 1.74. The first-order chi connectivity index (χ1) is 24.7. The van der Waals surface area contributed by atoms with Gasteiger partial charge in [-0.1, -0.05) is 72.6 Å². The predicted molar refractivity (Wildman–Crippen MR) is 187 cm³/mol. The highest BCUT2D eigenvalue weighted by Crippen LogP contribution is 2.48. The average molecular weight is 743 g/mol. The van der Waals surface area contributed by atoms with Crippen molar-refractivity contribution in [3.8, 4) is 11.8 Å². The fourth-order valence-corrected chi connectivity index (χ4v) is 6.86. The van der Waals surface area contributed by atoms with Crippen LogP contribution in [-0.2, 0) is 48.0 Å². The number of hydrogen-bond acceptors (Lipinski definition) is 14. The summed E-state index contributed by atoms with van der Waals surface area (Å²) < 4.78 is 51.2. The molecule has 4 rings (SSSR count). The first-order valence-corrected chi connectivity index (χ1v) is 18.7. The first kappa shape index (κ1) is 40.2. The number of rotatable bonds is 17. The summed E-state index contributed by atoms with van der Waals surface area (Å²) in [4.78, 5) is 43.3. The molecule has 3 heterocycles. The Bertz CT molecular complexity index is 1790. The molecule has 1 saturated heterocycles. The van der Waals surface area contributed by atoms with Gasteiger partial charge in [0.1, 0.15) is 35.8 Å². The Morgan fingerprint density at radius 1 is 1.02 bits per heavy atom. The van der Waals surface area contributed by atoms with Crippen molar-refractivity contribution in [3.63, 3.8) is 0 Å². The van der Waals surface area contributed by atoms with Crippen LogP contribution in [0, 0.1) is 29.1 Å². The maximum absolute atomic E-state index is 14.5. The molecule has 52 heavy (non-hydrogen) atoms. The molecule has 0 amide bonds. The molecule has 0 bridgehead atoms. The number of nitrogens with one attached hydrogen (secondary N) is 1. The fourth-order valence-electron chi connectivity index (χ4n) is 5.36. The second-order valence-electron chi connectivity index (χ2n) is 13.1. The normalized spacial score (nSPS) is 21.8. The number of nitrogens with zero attached hydrogens (tertiary/aromatic N) is 4. The highest BCUT2D eigenvalue weighted by Gasteiger charge is 2.63. The van der Waals surface area contributed by atoms with Crippen LogP contribution in [0.4, 0.5) is 5.82 Å². The lowest BCUT2D eigenvalue weighted by Crippen LogP contribution is -2.47. The van der Waals surface area contributed by atoms with E-state index in [0.717, 1.165) is 12.8 Å². The molecule has 0 radical (unpaired) electrons. The highest BCUT2D eigenvalue weighted by atomic mass is 31.2. The lowest BCUT2D eigenvalue weighted by atomic mass is 9.92. The van der Waals surface area contributed by atoms with Gasteiger partial charge in [0.2, 0.25) is 5.60 Å². The largest absolute Gasteiger partial charge is 0.464 e. The van der Waals surface area contributed by atoms with E-state index < -0.39 is 74.1 Å². The molecule has 3 aromatic rings. The quantitative estimate of drug-likeness (QED) is 0.109. The summed E-state index contributed by atoms with van der Waals surface area (Å²) in [6, 6.07) is 12.2. The van der Waals surface area contributed by atoms with Crippen LogP contribution in [0.2, 0.25) is 0 Å². The summed E-state index contributed by atoms with van der Waals surface area (Å²) in [5.41, 5.74) is 4.34. The van der Waals surface area contributed by atoms with Gasteiger partial charge in [-0.2, -0.15) is 15.4 Å². The molecule has 1 unspecified atom stereocenters. The summed E-state index contributed by atoms with van der Waals surface area (Å²) in [6.07, 6.45) is -1.62. The molecular formula is C35H47N6O10P. The summed E-state index contributed by atoms with van der Waals surface area (Å²) in [7, 11) is -4.47. The Labute approximate surface area is 302 Å². The minimum Gasteiger partial charge on any atom is -0.464 e. The van der Waals surface area contributed by atoms with E-state index in [1.165, 1.54) is 23.8 Å². The number of fused-ring (bicyclic) bond motifs is 1. The lowest BCUT2D eigenvalue weighted by Gasteiger charge is -2.29. The predicted octanol–water partition coefficient (Wildman–Crippen LogP) is 4.73.